The topological polar surface area (TPSA) is 59.3 Å². The molecule has 0 radical (unpaired) electrons. The normalized spacial score (nSPS) is 10.4. The number of hydrogen-bond donors (Lipinski definition) is 0. The molecule has 0 saturated heterocycles. The monoisotopic (exact) mass is 181 g/mol. The number of hydrogen-bond acceptors (Lipinski definition) is 4. The van der Waals surface area contributed by atoms with Crippen LogP contribution in [0.15, 0.2) is 18.3 Å². The molecule has 0 atom stereocenters. The van der Waals surface area contributed by atoms with Gasteiger partial charge in [-0.3, -0.25) is 15.1 Å². The van der Waals surface area contributed by atoms with E-state index in [4.69, 9.17) is 0 Å². The molecule has 0 bridgehead atoms. The quantitative estimate of drug-likeness (QED) is 0.516. The van der Waals surface area contributed by atoms with E-state index in [0.29, 0.717) is 6.54 Å². The summed E-state index contributed by atoms with van der Waals surface area (Å²) in [6.07, 6.45) is 1.28. The van der Waals surface area contributed by atoms with E-state index in [1.807, 2.05) is 19.0 Å². The predicted octanol–water partition coefficient (Wildman–Crippen LogP) is 1.05. The summed E-state index contributed by atoms with van der Waals surface area (Å²) >= 11 is 0. The Balaban J connectivity index is 2.75. The molecule has 5 heteroatoms. The smallest absolute Gasteiger partial charge is 0.287 e. The zero-order valence-electron chi connectivity index (χ0n) is 7.60. The minimum absolute atomic E-state index is 0.0301. The fraction of sp³-hybridized carbons (Fsp3) is 0.375. The fourth-order valence-electron chi connectivity index (χ4n) is 0.942. The molecule has 13 heavy (non-hydrogen) atoms. The fourth-order valence-corrected chi connectivity index (χ4v) is 0.942. The number of rotatable bonds is 3. The average molecular weight is 181 g/mol. The second-order valence-corrected chi connectivity index (χ2v) is 3.00. The van der Waals surface area contributed by atoms with Crippen molar-refractivity contribution in [1.29, 1.82) is 0 Å². The van der Waals surface area contributed by atoms with Gasteiger partial charge in [0.2, 0.25) is 0 Å². The van der Waals surface area contributed by atoms with Crippen LogP contribution in [0.1, 0.15) is 5.69 Å². The van der Waals surface area contributed by atoms with Gasteiger partial charge in [0.15, 0.2) is 0 Å². The molecule has 1 rings (SSSR count). The van der Waals surface area contributed by atoms with Crippen molar-refractivity contribution in [3.63, 3.8) is 0 Å². The van der Waals surface area contributed by atoms with Crippen LogP contribution in [0.5, 0.6) is 0 Å². The molecule has 0 aromatic carbocycles. The van der Waals surface area contributed by atoms with Crippen molar-refractivity contribution in [3.8, 4) is 0 Å². The Bertz CT molecular complexity index is 295. The molecule has 0 aliphatic rings. The van der Waals surface area contributed by atoms with E-state index < -0.39 is 4.92 Å². The minimum Gasteiger partial charge on any atom is -0.304 e. The summed E-state index contributed by atoms with van der Waals surface area (Å²) in [5.41, 5.74) is 0.859. The molecule has 5 nitrogen and oxygen atoms in total. The molecule has 0 fully saturated rings. The van der Waals surface area contributed by atoms with Gasteiger partial charge in [-0.1, -0.05) is 0 Å². The zero-order valence-corrected chi connectivity index (χ0v) is 7.60. The van der Waals surface area contributed by atoms with Gasteiger partial charge in [-0.2, -0.15) is 0 Å². The van der Waals surface area contributed by atoms with Gasteiger partial charge >= 0.3 is 0 Å². The summed E-state index contributed by atoms with van der Waals surface area (Å²) < 4.78 is 0. The van der Waals surface area contributed by atoms with E-state index in [1.54, 1.807) is 6.07 Å². The lowest BCUT2D eigenvalue weighted by atomic mass is 10.3. The number of pyridine rings is 1. The van der Waals surface area contributed by atoms with Crippen LogP contribution in [-0.2, 0) is 6.54 Å². The molecule has 1 aromatic heterocycles. The van der Waals surface area contributed by atoms with Crippen molar-refractivity contribution >= 4 is 5.69 Å². The maximum atomic E-state index is 10.3. The van der Waals surface area contributed by atoms with Crippen molar-refractivity contribution in [2.45, 2.75) is 6.54 Å². The summed E-state index contributed by atoms with van der Waals surface area (Å²) in [4.78, 5) is 15.7. The van der Waals surface area contributed by atoms with Crippen LogP contribution in [0.25, 0.3) is 0 Å². The molecule has 70 valence electrons. The Morgan fingerprint density at radius 1 is 1.54 bits per heavy atom. The lowest BCUT2D eigenvalue weighted by Gasteiger charge is -2.07. The Kier molecular flexibility index (Phi) is 2.92. The van der Waals surface area contributed by atoms with E-state index >= 15 is 0 Å². The molecule has 1 aromatic rings. The molecule has 0 aliphatic heterocycles. The first-order valence-corrected chi connectivity index (χ1v) is 3.83. The van der Waals surface area contributed by atoms with Gasteiger partial charge in [0, 0.05) is 12.6 Å². The molecule has 0 amide bonds. The summed E-state index contributed by atoms with van der Waals surface area (Å²) in [6, 6.07) is 3.13. The van der Waals surface area contributed by atoms with E-state index in [9.17, 15) is 10.1 Å². The van der Waals surface area contributed by atoms with Crippen LogP contribution >= 0.6 is 0 Å². The average Bonchev–Trinajstić information content (AvgIpc) is 2.04. The van der Waals surface area contributed by atoms with Gasteiger partial charge in [0.1, 0.15) is 6.20 Å². The maximum Gasteiger partial charge on any atom is 0.287 e. The second-order valence-electron chi connectivity index (χ2n) is 3.00. The molecular formula is C8H11N3O2. The summed E-state index contributed by atoms with van der Waals surface area (Å²) in [5, 5.41) is 10.3. The lowest BCUT2D eigenvalue weighted by Crippen LogP contribution is -2.11. The van der Waals surface area contributed by atoms with Crippen LogP contribution in [0.3, 0.4) is 0 Å². The van der Waals surface area contributed by atoms with Crippen LogP contribution in [0.4, 0.5) is 5.69 Å². The Hall–Kier alpha value is -1.49. The summed E-state index contributed by atoms with van der Waals surface area (Å²) in [7, 11) is 3.84. The summed E-state index contributed by atoms with van der Waals surface area (Å²) in [6.45, 7) is 0.692. The van der Waals surface area contributed by atoms with Gasteiger partial charge in [-0.15, -0.1) is 0 Å². The molecule has 0 unspecified atom stereocenters. The Morgan fingerprint density at radius 2 is 2.23 bits per heavy atom. The van der Waals surface area contributed by atoms with E-state index in [1.165, 1.54) is 12.3 Å². The zero-order chi connectivity index (χ0) is 9.84. The lowest BCUT2D eigenvalue weighted by molar-refractivity contribution is -0.385. The van der Waals surface area contributed by atoms with Crippen molar-refractivity contribution in [1.82, 2.24) is 9.88 Å². The third-order valence-corrected chi connectivity index (χ3v) is 1.50. The van der Waals surface area contributed by atoms with Gasteiger partial charge in [-0.05, 0) is 20.2 Å². The third kappa shape index (κ3) is 2.79. The molecule has 0 spiro atoms. The largest absolute Gasteiger partial charge is 0.304 e. The Labute approximate surface area is 76.2 Å². The number of aromatic nitrogens is 1. The second kappa shape index (κ2) is 3.95. The SMILES string of the molecule is CN(C)Cc1ccc([N+](=O)[O-])cn1. The van der Waals surface area contributed by atoms with Crippen LogP contribution in [0, 0.1) is 10.1 Å². The molecule has 0 aliphatic carbocycles. The molecule has 0 N–H and O–H groups in total. The standard InChI is InChI=1S/C8H11N3O2/c1-10(2)6-7-3-4-8(5-9-7)11(12)13/h3-5H,6H2,1-2H3. The third-order valence-electron chi connectivity index (χ3n) is 1.50. The number of nitrogens with zero attached hydrogens (tertiary/aromatic N) is 3. The minimum atomic E-state index is -0.452. The van der Waals surface area contributed by atoms with Crippen molar-refractivity contribution < 1.29 is 4.92 Å². The van der Waals surface area contributed by atoms with Crippen LogP contribution < -0.4 is 0 Å². The highest BCUT2D eigenvalue weighted by atomic mass is 16.6. The highest BCUT2D eigenvalue weighted by molar-refractivity contribution is 5.26. The molecular weight excluding hydrogens is 170 g/mol. The highest BCUT2D eigenvalue weighted by Gasteiger charge is 2.04. The van der Waals surface area contributed by atoms with Crippen LogP contribution in [0.2, 0.25) is 0 Å². The number of nitro groups is 1. The molecule has 0 saturated carbocycles. The maximum absolute atomic E-state index is 10.3. The molecule has 1 heterocycles. The Morgan fingerprint density at radius 3 is 2.62 bits per heavy atom. The van der Waals surface area contributed by atoms with Gasteiger partial charge in [0.05, 0.1) is 10.6 Å². The first kappa shape index (κ1) is 9.60. The van der Waals surface area contributed by atoms with Gasteiger partial charge < -0.3 is 4.90 Å². The van der Waals surface area contributed by atoms with E-state index in [2.05, 4.69) is 4.98 Å². The van der Waals surface area contributed by atoms with Gasteiger partial charge in [0.25, 0.3) is 5.69 Å². The van der Waals surface area contributed by atoms with E-state index in [-0.39, 0.29) is 5.69 Å². The highest BCUT2D eigenvalue weighted by Crippen LogP contribution is 2.09. The predicted molar refractivity (Wildman–Crippen MR) is 48.3 cm³/mol. The van der Waals surface area contributed by atoms with Crippen molar-refractivity contribution in [2.24, 2.45) is 0 Å². The first-order chi connectivity index (χ1) is 6.09. The van der Waals surface area contributed by atoms with Crippen LogP contribution in [-0.4, -0.2) is 28.9 Å². The first-order valence-electron chi connectivity index (χ1n) is 3.83. The summed E-state index contributed by atoms with van der Waals surface area (Å²) in [5.74, 6) is 0. The van der Waals surface area contributed by atoms with E-state index in [0.717, 1.165) is 5.69 Å². The van der Waals surface area contributed by atoms with Crippen molar-refractivity contribution in [3.05, 3.63) is 34.1 Å². The van der Waals surface area contributed by atoms with Gasteiger partial charge in [-0.25, -0.2) is 0 Å². The van der Waals surface area contributed by atoms with Crippen molar-refractivity contribution in [2.75, 3.05) is 14.1 Å².